The van der Waals surface area contributed by atoms with Crippen molar-refractivity contribution in [3.05, 3.63) is 117 Å². The van der Waals surface area contributed by atoms with Gasteiger partial charge in [-0.2, -0.15) is 0 Å². The number of hydrogen-bond acceptors (Lipinski definition) is 7. The molecule has 4 aromatic rings. The zero-order chi connectivity index (χ0) is 30.1. The number of benzene rings is 3. The maximum Gasteiger partial charge on any atom is 0.253 e. The number of rotatable bonds is 13. The maximum atomic E-state index is 13.4. The van der Waals surface area contributed by atoms with E-state index in [1.54, 1.807) is 43.3 Å². The van der Waals surface area contributed by atoms with Crippen LogP contribution in [0.2, 0.25) is 0 Å². The van der Waals surface area contributed by atoms with E-state index < -0.39 is 12.1 Å². The van der Waals surface area contributed by atoms with Gasteiger partial charge in [-0.25, -0.2) is 4.98 Å². The average molecular weight is 587 g/mol. The summed E-state index contributed by atoms with van der Waals surface area (Å²) < 4.78 is 5.33. The molecule has 0 bridgehead atoms. The van der Waals surface area contributed by atoms with E-state index in [-0.39, 0.29) is 24.4 Å². The summed E-state index contributed by atoms with van der Waals surface area (Å²) in [6.45, 7) is 4.58. The van der Waals surface area contributed by atoms with E-state index in [4.69, 9.17) is 4.74 Å². The first-order valence-corrected chi connectivity index (χ1v) is 14.8. The monoisotopic (exact) mass is 586 g/mol. The van der Waals surface area contributed by atoms with Crippen molar-refractivity contribution in [2.45, 2.75) is 45.0 Å². The van der Waals surface area contributed by atoms with Crippen molar-refractivity contribution >= 4 is 23.2 Å². The Morgan fingerprint density at radius 3 is 2.48 bits per heavy atom. The van der Waals surface area contributed by atoms with Crippen LogP contribution in [0.25, 0.3) is 0 Å². The van der Waals surface area contributed by atoms with Crippen LogP contribution in [0.4, 0.5) is 0 Å². The molecule has 0 spiro atoms. The molecule has 42 heavy (non-hydrogen) atoms. The van der Waals surface area contributed by atoms with E-state index >= 15 is 0 Å². The zero-order valence-corrected chi connectivity index (χ0v) is 25.2. The number of aliphatic hydroxyl groups excluding tert-OH is 1. The zero-order valence-electron chi connectivity index (χ0n) is 24.4. The van der Waals surface area contributed by atoms with E-state index in [9.17, 15) is 14.7 Å². The van der Waals surface area contributed by atoms with Gasteiger partial charge in [-0.15, -0.1) is 11.3 Å². The number of carbonyl (C=O) groups is 2. The summed E-state index contributed by atoms with van der Waals surface area (Å²) in [5, 5.41) is 20.5. The van der Waals surface area contributed by atoms with Crippen molar-refractivity contribution in [1.82, 2.24) is 20.5 Å². The number of aliphatic hydroxyl groups is 1. The predicted molar refractivity (Wildman–Crippen MR) is 166 cm³/mol. The molecule has 0 aliphatic carbocycles. The Hall–Kier alpha value is -4.05. The molecule has 8 nitrogen and oxygen atoms in total. The van der Waals surface area contributed by atoms with Gasteiger partial charge in [0, 0.05) is 41.8 Å². The molecule has 1 heterocycles. The molecule has 0 unspecified atom stereocenters. The Balaban J connectivity index is 1.44. The Kier molecular flexibility index (Phi) is 10.8. The molecule has 1 aromatic heterocycles. The lowest BCUT2D eigenvalue weighted by molar-refractivity contribution is 0.0784. The fourth-order valence-corrected chi connectivity index (χ4v) is 5.46. The maximum absolute atomic E-state index is 13.4. The molecular weight excluding hydrogens is 548 g/mol. The van der Waals surface area contributed by atoms with Crippen LogP contribution < -0.4 is 15.4 Å². The van der Waals surface area contributed by atoms with Crippen LogP contribution in [0, 0.1) is 6.92 Å². The summed E-state index contributed by atoms with van der Waals surface area (Å²) in [5.41, 5.74) is 3.70. The fourth-order valence-electron chi connectivity index (χ4n) is 4.64. The molecule has 0 fully saturated rings. The smallest absolute Gasteiger partial charge is 0.253 e. The minimum absolute atomic E-state index is 0.0456. The number of nitrogens with one attached hydrogen (secondary N) is 2. The van der Waals surface area contributed by atoms with Gasteiger partial charge in [0.25, 0.3) is 11.8 Å². The fraction of sp³-hybridized carbons (Fsp3) is 0.303. The highest BCUT2D eigenvalue weighted by Crippen LogP contribution is 2.19. The van der Waals surface area contributed by atoms with Gasteiger partial charge < -0.3 is 25.4 Å². The SMILES string of the molecule is COc1cccc([C@@H](C)NC[C@@H](O)[C@H](Cc2ccccc2)NC(=O)c2cccc(C(=O)N(C)Cc3nc(C)cs3)c2)c1. The van der Waals surface area contributed by atoms with E-state index in [1.807, 2.05) is 73.8 Å². The minimum atomic E-state index is -0.875. The van der Waals surface area contributed by atoms with Crippen molar-refractivity contribution in [3.8, 4) is 5.75 Å². The lowest BCUT2D eigenvalue weighted by atomic mass is 9.99. The lowest BCUT2D eigenvalue weighted by Crippen LogP contribution is -2.49. The highest BCUT2D eigenvalue weighted by molar-refractivity contribution is 7.09. The van der Waals surface area contributed by atoms with E-state index in [1.165, 1.54) is 11.3 Å². The molecule has 4 rings (SSSR count). The number of amides is 2. The van der Waals surface area contributed by atoms with Gasteiger partial charge in [0.15, 0.2) is 0 Å². The highest BCUT2D eigenvalue weighted by atomic mass is 32.1. The first kappa shape index (κ1) is 30.9. The van der Waals surface area contributed by atoms with Gasteiger partial charge >= 0.3 is 0 Å². The molecule has 9 heteroatoms. The van der Waals surface area contributed by atoms with Crippen LogP contribution in [0.15, 0.2) is 84.2 Å². The second-order valence-corrected chi connectivity index (χ2v) is 11.3. The lowest BCUT2D eigenvalue weighted by Gasteiger charge is -2.26. The van der Waals surface area contributed by atoms with Crippen LogP contribution in [0.5, 0.6) is 5.75 Å². The molecule has 3 N–H and O–H groups in total. The Bertz CT molecular complexity index is 1480. The molecule has 220 valence electrons. The van der Waals surface area contributed by atoms with Gasteiger partial charge in [-0.3, -0.25) is 9.59 Å². The largest absolute Gasteiger partial charge is 0.497 e. The third-order valence-corrected chi connectivity index (χ3v) is 8.02. The van der Waals surface area contributed by atoms with Crippen LogP contribution in [-0.2, 0) is 13.0 Å². The molecular formula is C33H38N4O4S. The van der Waals surface area contributed by atoms with Crippen molar-refractivity contribution < 1.29 is 19.4 Å². The topological polar surface area (TPSA) is 104 Å². The summed E-state index contributed by atoms with van der Waals surface area (Å²) in [5.74, 6) is 0.207. The molecule has 2 amide bonds. The summed E-state index contributed by atoms with van der Waals surface area (Å²) >= 11 is 1.51. The summed E-state index contributed by atoms with van der Waals surface area (Å²) in [4.78, 5) is 32.6. The first-order valence-electron chi connectivity index (χ1n) is 13.9. The minimum Gasteiger partial charge on any atom is -0.497 e. The van der Waals surface area contributed by atoms with E-state index in [2.05, 4.69) is 15.6 Å². The van der Waals surface area contributed by atoms with Gasteiger partial charge in [0.1, 0.15) is 10.8 Å². The standard InChI is InChI=1S/C33H38N4O4S/c1-22-21-42-31(35-22)20-37(3)33(40)27-14-8-13-26(17-27)32(39)36-29(16-24-10-6-5-7-11-24)30(38)19-34-23(2)25-12-9-15-28(18-25)41-4/h5-15,17-18,21,23,29-30,34,38H,16,19-20H2,1-4H3,(H,36,39)/t23-,29+,30-/m1/s1. The number of aryl methyl sites for hydroxylation is 1. The highest BCUT2D eigenvalue weighted by Gasteiger charge is 2.24. The average Bonchev–Trinajstić information content (AvgIpc) is 3.43. The third-order valence-electron chi connectivity index (χ3n) is 7.06. The van der Waals surface area contributed by atoms with Gasteiger partial charge in [0.05, 0.1) is 25.8 Å². The van der Waals surface area contributed by atoms with Gasteiger partial charge in [-0.05, 0) is 61.7 Å². The number of hydrogen-bond donors (Lipinski definition) is 3. The van der Waals surface area contributed by atoms with Crippen molar-refractivity contribution in [3.63, 3.8) is 0 Å². The van der Waals surface area contributed by atoms with Crippen molar-refractivity contribution in [2.24, 2.45) is 0 Å². The summed E-state index contributed by atoms with van der Waals surface area (Å²) in [6, 6.07) is 23.6. The van der Waals surface area contributed by atoms with Crippen LogP contribution in [0.3, 0.4) is 0 Å². The number of methoxy groups -OCH3 is 1. The molecule has 0 aliphatic rings. The van der Waals surface area contributed by atoms with Crippen LogP contribution in [-0.4, -0.2) is 59.7 Å². The van der Waals surface area contributed by atoms with E-state index in [0.717, 1.165) is 27.6 Å². The number of nitrogens with zero attached hydrogens (tertiary/aromatic N) is 2. The normalized spacial score (nSPS) is 13.2. The van der Waals surface area contributed by atoms with Gasteiger partial charge in [0.2, 0.25) is 0 Å². The second-order valence-electron chi connectivity index (χ2n) is 10.4. The molecule has 0 saturated carbocycles. The van der Waals surface area contributed by atoms with Gasteiger partial charge in [-0.1, -0.05) is 48.5 Å². The number of carbonyl (C=O) groups excluding carboxylic acids is 2. The second kappa shape index (κ2) is 14.7. The molecule has 3 atom stereocenters. The van der Waals surface area contributed by atoms with Crippen LogP contribution in [0.1, 0.15) is 55.5 Å². The first-order chi connectivity index (χ1) is 20.2. The Morgan fingerprint density at radius 1 is 1.02 bits per heavy atom. The van der Waals surface area contributed by atoms with Crippen molar-refractivity contribution in [1.29, 1.82) is 0 Å². The Labute approximate surface area is 251 Å². The van der Waals surface area contributed by atoms with Crippen molar-refractivity contribution in [2.75, 3.05) is 20.7 Å². The molecule has 3 aromatic carbocycles. The summed E-state index contributed by atoms with van der Waals surface area (Å²) in [6.07, 6.45) is -0.433. The Morgan fingerprint density at radius 2 is 1.76 bits per heavy atom. The molecule has 0 aliphatic heterocycles. The molecule has 0 saturated heterocycles. The van der Waals surface area contributed by atoms with Crippen LogP contribution >= 0.6 is 11.3 Å². The number of thiazole rings is 1. The summed E-state index contributed by atoms with van der Waals surface area (Å²) in [7, 11) is 3.35. The number of aromatic nitrogens is 1. The third kappa shape index (κ3) is 8.48. The molecule has 0 radical (unpaired) electrons. The predicted octanol–water partition coefficient (Wildman–Crippen LogP) is 4.79. The van der Waals surface area contributed by atoms with E-state index in [0.29, 0.717) is 24.1 Å². The quantitative estimate of drug-likeness (QED) is 0.208. The number of ether oxygens (including phenoxy) is 1.